The van der Waals surface area contributed by atoms with Gasteiger partial charge in [0.15, 0.2) is 37.6 Å². The Morgan fingerprint density at radius 2 is 1.09 bits per heavy atom. The molecule has 1 rings (SSSR count). The molecule has 0 saturated carbocycles. The molecule has 0 aliphatic rings. The van der Waals surface area contributed by atoms with Crippen LogP contribution in [0.1, 0.15) is 66.2 Å². The molecule has 1 N–H and O–H groups in total. The average molecular weight is 790 g/mol. The minimum atomic E-state index is -1.54. The van der Waals surface area contributed by atoms with E-state index in [-0.39, 0.29) is 24.5 Å². The molecule has 23 heteroatoms. The Morgan fingerprint density at radius 3 is 1.64 bits per heavy atom. The molecule has 23 nitrogen and oxygen atoms in total. The van der Waals surface area contributed by atoms with E-state index in [1.807, 2.05) is 0 Å². The van der Waals surface area contributed by atoms with E-state index in [2.05, 4.69) is 19.7 Å². The van der Waals surface area contributed by atoms with Crippen LogP contribution in [0.2, 0.25) is 0 Å². The summed E-state index contributed by atoms with van der Waals surface area (Å²) in [5.74, 6) is -6.92. The Labute approximate surface area is 313 Å². The third-order valence-corrected chi connectivity index (χ3v) is 6.57. The molecular formula is C32H43N3O20. The van der Waals surface area contributed by atoms with Gasteiger partial charge in [-0.2, -0.15) is 0 Å². The van der Waals surface area contributed by atoms with Gasteiger partial charge in [-0.05, 0) is 77.6 Å². The largest absolute Gasteiger partial charge is 0.454 e. The predicted molar refractivity (Wildman–Crippen MR) is 178 cm³/mol. The van der Waals surface area contributed by atoms with Crippen LogP contribution in [0.5, 0.6) is 5.75 Å². The molecule has 0 bridgehead atoms. The number of amides is 1. The topological polar surface area (TPSA) is 301 Å². The molecule has 0 saturated heterocycles. The second kappa shape index (κ2) is 25.8. The van der Waals surface area contributed by atoms with E-state index in [9.17, 15) is 53.8 Å². The molecule has 1 aromatic rings. The lowest BCUT2D eigenvalue weighted by Gasteiger charge is -2.19. The number of hydrogen-bond acceptors (Lipinski definition) is 20. The highest BCUT2D eigenvalue weighted by molar-refractivity contribution is 5.93. The van der Waals surface area contributed by atoms with Crippen molar-refractivity contribution >= 4 is 47.4 Å². The van der Waals surface area contributed by atoms with E-state index in [1.165, 1.54) is 45.0 Å². The first-order valence-corrected chi connectivity index (χ1v) is 16.7. The summed E-state index contributed by atoms with van der Waals surface area (Å²) in [6.07, 6.45) is -3.01. The fourth-order valence-corrected chi connectivity index (χ4v) is 3.75. The van der Waals surface area contributed by atoms with E-state index in [4.69, 9.17) is 28.4 Å². The van der Waals surface area contributed by atoms with Crippen LogP contribution in [0, 0.1) is 20.2 Å². The van der Waals surface area contributed by atoms with E-state index in [0.29, 0.717) is 45.3 Å². The number of benzene rings is 1. The summed E-state index contributed by atoms with van der Waals surface area (Å²) in [6.45, 7) is 3.87. The fourth-order valence-electron chi connectivity index (χ4n) is 3.75. The Morgan fingerprint density at radius 1 is 0.600 bits per heavy atom. The van der Waals surface area contributed by atoms with E-state index >= 15 is 0 Å². The molecule has 1 amide bonds. The van der Waals surface area contributed by atoms with Crippen LogP contribution in [-0.2, 0) is 71.7 Å². The van der Waals surface area contributed by atoms with Crippen LogP contribution in [0.15, 0.2) is 24.3 Å². The fraction of sp³-hybridized carbons (Fsp3) is 0.594. The number of hydrogen-bond donors (Lipinski definition) is 1. The van der Waals surface area contributed by atoms with Crippen LogP contribution in [-0.4, -0.2) is 109 Å². The summed E-state index contributed by atoms with van der Waals surface area (Å²) in [7, 11) is 0. The van der Waals surface area contributed by atoms with Gasteiger partial charge in [0.05, 0.1) is 6.61 Å². The molecule has 0 aromatic heterocycles. The molecule has 4 unspecified atom stereocenters. The van der Waals surface area contributed by atoms with Crippen molar-refractivity contribution in [2.75, 3.05) is 38.4 Å². The highest BCUT2D eigenvalue weighted by Crippen LogP contribution is 2.17. The number of esters is 6. The molecule has 0 radical (unpaired) electrons. The summed E-state index contributed by atoms with van der Waals surface area (Å²) >= 11 is 0. The van der Waals surface area contributed by atoms with Crippen molar-refractivity contribution in [1.82, 2.24) is 0 Å². The monoisotopic (exact) mass is 789 g/mol. The highest BCUT2D eigenvalue weighted by Gasteiger charge is 2.30. The molecule has 0 heterocycles. The van der Waals surface area contributed by atoms with Gasteiger partial charge in [-0.15, -0.1) is 20.2 Å². The lowest BCUT2D eigenvalue weighted by Crippen LogP contribution is -2.38. The zero-order valence-corrected chi connectivity index (χ0v) is 30.5. The quantitative estimate of drug-likeness (QED) is 0.0330. The van der Waals surface area contributed by atoms with Crippen molar-refractivity contribution in [3.8, 4) is 5.75 Å². The van der Waals surface area contributed by atoms with Crippen LogP contribution in [0.25, 0.3) is 0 Å². The van der Waals surface area contributed by atoms with Gasteiger partial charge in [0.2, 0.25) is 0 Å². The molecule has 1 aromatic carbocycles. The normalized spacial score (nSPS) is 12.7. The SMILES string of the molecule is CC(OC(=O)CCCCCOCCCCO[N+](=O)[O-])C(=O)OC(C)C(=O)OC(C)C(=O)OC(C)C(=O)Oc1ccc(NC(=O)COC(=O)CO[N+](=O)[O-])cc1. The molecule has 4 atom stereocenters. The average Bonchev–Trinajstić information content (AvgIpc) is 3.12. The van der Waals surface area contributed by atoms with Gasteiger partial charge in [-0.25, -0.2) is 24.0 Å². The van der Waals surface area contributed by atoms with Gasteiger partial charge in [-0.1, -0.05) is 6.42 Å². The third-order valence-electron chi connectivity index (χ3n) is 6.57. The van der Waals surface area contributed by atoms with E-state index in [1.54, 1.807) is 0 Å². The number of nitrogens with zero attached hydrogens (tertiary/aromatic N) is 2. The van der Waals surface area contributed by atoms with Crippen molar-refractivity contribution in [1.29, 1.82) is 0 Å². The minimum Gasteiger partial charge on any atom is -0.454 e. The van der Waals surface area contributed by atoms with Gasteiger partial charge < -0.3 is 48.2 Å². The number of nitrogens with one attached hydrogen (secondary N) is 1. The van der Waals surface area contributed by atoms with Crippen molar-refractivity contribution in [2.45, 2.75) is 90.6 Å². The van der Waals surface area contributed by atoms with Crippen molar-refractivity contribution < 1.29 is 86.6 Å². The van der Waals surface area contributed by atoms with E-state index in [0.717, 1.165) is 6.92 Å². The molecule has 0 fully saturated rings. The molecule has 55 heavy (non-hydrogen) atoms. The number of unbranched alkanes of at least 4 members (excludes halogenated alkanes) is 3. The first-order chi connectivity index (χ1) is 26.0. The number of anilines is 1. The van der Waals surface area contributed by atoms with Crippen molar-refractivity contribution in [3.63, 3.8) is 0 Å². The summed E-state index contributed by atoms with van der Waals surface area (Å²) in [5.41, 5.74) is 0.203. The van der Waals surface area contributed by atoms with Gasteiger partial charge in [0.25, 0.3) is 16.1 Å². The van der Waals surface area contributed by atoms with Gasteiger partial charge >= 0.3 is 35.8 Å². The molecule has 306 valence electrons. The Balaban J connectivity index is 2.34. The maximum atomic E-state index is 12.4. The zero-order valence-electron chi connectivity index (χ0n) is 30.5. The third kappa shape index (κ3) is 21.9. The smallest absolute Gasteiger partial charge is 0.352 e. The summed E-state index contributed by atoms with van der Waals surface area (Å²) in [4.78, 5) is 113. The first-order valence-electron chi connectivity index (χ1n) is 16.7. The maximum Gasteiger partial charge on any atom is 0.352 e. The number of ether oxygens (including phenoxy) is 7. The summed E-state index contributed by atoms with van der Waals surface area (Å²) < 4.78 is 35.0. The lowest BCUT2D eigenvalue weighted by molar-refractivity contribution is -0.757. The van der Waals surface area contributed by atoms with Crippen molar-refractivity contribution in [2.24, 2.45) is 0 Å². The van der Waals surface area contributed by atoms with Crippen molar-refractivity contribution in [3.05, 3.63) is 44.5 Å². The molecule has 0 spiro atoms. The van der Waals surface area contributed by atoms with Crippen LogP contribution in [0.3, 0.4) is 0 Å². The second-order valence-electron chi connectivity index (χ2n) is 11.2. The first kappa shape index (κ1) is 46.9. The van der Waals surface area contributed by atoms with Gasteiger partial charge in [0.1, 0.15) is 5.75 Å². The second-order valence-corrected chi connectivity index (χ2v) is 11.2. The predicted octanol–water partition coefficient (Wildman–Crippen LogP) is 1.57. The number of rotatable bonds is 27. The number of carbonyl (C=O) groups is 7. The number of carbonyl (C=O) groups excluding carboxylic acids is 7. The standard InChI is InChI=1S/C32H43N3O20/c1-20(51-27(37)10-6-5-7-15-47-16-8-9-17-49-34(43)44)29(39)52-21(2)30(40)53-22(3)31(41)54-23(4)32(42)55-25-13-11-24(12-14-25)33-26(36)18-48-28(38)19-50-35(45)46/h11-14,20-23H,5-10,15-19H2,1-4H3,(H,33,36). The van der Waals surface area contributed by atoms with Gasteiger partial charge in [0, 0.05) is 25.3 Å². The Hall–Kier alpha value is -6.13. The Bertz CT molecular complexity index is 1470. The molecular weight excluding hydrogens is 746 g/mol. The maximum absolute atomic E-state index is 12.4. The van der Waals surface area contributed by atoms with Crippen LogP contribution < -0.4 is 10.1 Å². The molecule has 0 aliphatic heterocycles. The molecule has 0 aliphatic carbocycles. The Kier molecular flexibility index (Phi) is 22.0. The zero-order chi connectivity index (χ0) is 41.3. The summed E-state index contributed by atoms with van der Waals surface area (Å²) in [6, 6.07) is 5.21. The summed E-state index contributed by atoms with van der Waals surface area (Å²) in [5, 5.41) is 20.4. The van der Waals surface area contributed by atoms with Crippen LogP contribution >= 0.6 is 0 Å². The van der Waals surface area contributed by atoms with E-state index < -0.39 is 89.5 Å². The van der Waals surface area contributed by atoms with Crippen LogP contribution in [0.4, 0.5) is 5.69 Å². The highest BCUT2D eigenvalue weighted by atomic mass is 17.0. The minimum absolute atomic E-state index is 0.00344. The lowest BCUT2D eigenvalue weighted by atomic mass is 10.2. The van der Waals surface area contributed by atoms with Gasteiger partial charge in [-0.3, -0.25) is 9.59 Å².